The van der Waals surface area contributed by atoms with Gasteiger partial charge in [-0.05, 0) is 45.4 Å². The molecule has 0 bridgehead atoms. The first-order valence-corrected chi connectivity index (χ1v) is 7.57. The predicted molar refractivity (Wildman–Crippen MR) is 84.9 cm³/mol. The largest absolute Gasteiger partial charge is 0.406 e. The molecule has 0 spiro atoms. The molecule has 0 aliphatic carbocycles. The summed E-state index contributed by atoms with van der Waals surface area (Å²) in [5.74, 6) is 0.630. The first kappa shape index (κ1) is 15.5. The van der Waals surface area contributed by atoms with Crippen LogP contribution in [-0.4, -0.2) is 23.3 Å². The van der Waals surface area contributed by atoms with Crippen LogP contribution in [0.3, 0.4) is 0 Å². The number of nitrogens with zero attached hydrogens (tertiary/aromatic N) is 3. The molecule has 2 aromatic rings. The van der Waals surface area contributed by atoms with Gasteiger partial charge in [0.15, 0.2) is 0 Å². The Bertz CT molecular complexity index is 567. The number of para-hydroxylation sites is 1. The van der Waals surface area contributed by atoms with Crippen molar-refractivity contribution < 1.29 is 4.42 Å². The molecular weight excluding hydrogens is 264 g/mol. The Morgan fingerprint density at radius 3 is 2.67 bits per heavy atom. The van der Waals surface area contributed by atoms with E-state index >= 15 is 0 Å². The van der Waals surface area contributed by atoms with Crippen molar-refractivity contribution in [2.24, 2.45) is 0 Å². The van der Waals surface area contributed by atoms with Gasteiger partial charge < -0.3 is 9.73 Å². The molecule has 5 nitrogen and oxygen atoms in total. The van der Waals surface area contributed by atoms with Crippen LogP contribution in [0.4, 0.5) is 11.7 Å². The highest BCUT2D eigenvalue weighted by Crippen LogP contribution is 2.27. The van der Waals surface area contributed by atoms with Gasteiger partial charge >= 0.3 is 6.01 Å². The Hall–Kier alpha value is -1.88. The molecule has 114 valence electrons. The molecule has 0 saturated heterocycles. The zero-order chi connectivity index (χ0) is 15.2. The predicted octanol–water partition coefficient (Wildman–Crippen LogP) is 3.60. The highest BCUT2D eigenvalue weighted by Gasteiger charge is 2.19. The van der Waals surface area contributed by atoms with Crippen molar-refractivity contribution in [2.75, 3.05) is 18.0 Å². The molecule has 5 heteroatoms. The lowest BCUT2D eigenvalue weighted by Gasteiger charge is -2.20. The number of anilines is 2. The molecule has 1 heterocycles. The molecule has 0 radical (unpaired) electrons. The standard InChI is InChI=1S/C16H24N4O/c1-5-11-17-13(4)15-18-19-16(21-15)20(6-2)14-10-8-7-9-12(14)3/h7-10,13,17H,5-6,11H2,1-4H3. The highest BCUT2D eigenvalue weighted by molar-refractivity contribution is 5.60. The van der Waals surface area contributed by atoms with Gasteiger partial charge in [-0.15, -0.1) is 5.10 Å². The molecule has 1 aromatic carbocycles. The lowest BCUT2D eigenvalue weighted by molar-refractivity contribution is 0.418. The number of rotatable bonds is 7. The second-order valence-electron chi connectivity index (χ2n) is 5.13. The van der Waals surface area contributed by atoms with Crippen LogP contribution < -0.4 is 10.2 Å². The molecule has 1 atom stereocenters. The van der Waals surface area contributed by atoms with Crippen molar-refractivity contribution in [3.8, 4) is 0 Å². The van der Waals surface area contributed by atoms with Gasteiger partial charge in [0.05, 0.1) is 6.04 Å². The van der Waals surface area contributed by atoms with Crippen LogP contribution in [0, 0.1) is 6.92 Å². The summed E-state index contributed by atoms with van der Waals surface area (Å²) in [4.78, 5) is 2.04. The van der Waals surface area contributed by atoms with E-state index in [0.29, 0.717) is 11.9 Å². The Balaban J connectivity index is 2.20. The first-order chi connectivity index (χ1) is 10.2. The van der Waals surface area contributed by atoms with Gasteiger partial charge in [0.2, 0.25) is 5.89 Å². The number of hydrogen-bond acceptors (Lipinski definition) is 5. The van der Waals surface area contributed by atoms with Crippen LogP contribution >= 0.6 is 0 Å². The van der Waals surface area contributed by atoms with E-state index in [2.05, 4.69) is 48.4 Å². The maximum absolute atomic E-state index is 5.85. The molecule has 2 rings (SSSR count). The Morgan fingerprint density at radius 2 is 2.00 bits per heavy atom. The lowest BCUT2D eigenvalue weighted by Crippen LogP contribution is -2.19. The number of aryl methyl sites for hydroxylation is 1. The maximum atomic E-state index is 5.85. The fourth-order valence-corrected chi connectivity index (χ4v) is 2.23. The summed E-state index contributed by atoms with van der Waals surface area (Å²) < 4.78 is 5.85. The third kappa shape index (κ3) is 3.61. The molecule has 0 saturated carbocycles. The van der Waals surface area contributed by atoms with Crippen molar-refractivity contribution in [1.82, 2.24) is 15.5 Å². The number of nitrogens with one attached hydrogen (secondary N) is 1. The zero-order valence-corrected chi connectivity index (χ0v) is 13.3. The van der Waals surface area contributed by atoms with Gasteiger partial charge in [-0.1, -0.05) is 30.2 Å². The van der Waals surface area contributed by atoms with Crippen LogP contribution in [0.2, 0.25) is 0 Å². The summed E-state index contributed by atoms with van der Waals surface area (Å²) in [6, 6.07) is 8.83. The Morgan fingerprint density at radius 1 is 1.24 bits per heavy atom. The maximum Gasteiger partial charge on any atom is 0.322 e. The van der Waals surface area contributed by atoms with Gasteiger partial charge in [-0.3, -0.25) is 4.90 Å². The van der Waals surface area contributed by atoms with Crippen molar-refractivity contribution >= 4 is 11.7 Å². The fourth-order valence-electron chi connectivity index (χ4n) is 2.23. The van der Waals surface area contributed by atoms with Crippen molar-refractivity contribution in [2.45, 2.75) is 40.2 Å². The van der Waals surface area contributed by atoms with E-state index in [-0.39, 0.29) is 6.04 Å². The third-order valence-electron chi connectivity index (χ3n) is 3.45. The van der Waals surface area contributed by atoms with Crippen molar-refractivity contribution in [3.63, 3.8) is 0 Å². The van der Waals surface area contributed by atoms with Gasteiger partial charge in [0.25, 0.3) is 0 Å². The fraction of sp³-hybridized carbons (Fsp3) is 0.500. The molecule has 1 unspecified atom stereocenters. The summed E-state index contributed by atoms with van der Waals surface area (Å²) in [7, 11) is 0. The molecule has 1 aromatic heterocycles. The second-order valence-corrected chi connectivity index (χ2v) is 5.13. The van der Waals surface area contributed by atoms with Gasteiger partial charge in [-0.25, -0.2) is 0 Å². The second kappa shape index (κ2) is 7.22. The molecule has 21 heavy (non-hydrogen) atoms. The summed E-state index contributed by atoms with van der Waals surface area (Å²) in [5.41, 5.74) is 2.29. The van der Waals surface area contributed by atoms with E-state index in [1.807, 2.05) is 24.0 Å². The molecule has 0 aliphatic rings. The summed E-state index contributed by atoms with van der Waals surface area (Å²) in [5, 5.41) is 11.7. The minimum atomic E-state index is 0.0711. The molecule has 0 amide bonds. The van der Waals surface area contributed by atoms with E-state index in [0.717, 1.165) is 25.2 Å². The average molecular weight is 288 g/mol. The summed E-state index contributed by atoms with van der Waals surface area (Å²) in [6.45, 7) is 10.1. The van der Waals surface area contributed by atoms with Gasteiger partial charge in [0.1, 0.15) is 0 Å². The van der Waals surface area contributed by atoms with Crippen LogP contribution in [0.1, 0.15) is 44.7 Å². The first-order valence-electron chi connectivity index (χ1n) is 7.57. The minimum absolute atomic E-state index is 0.0711. The highest BCUT2D eigenvalue weighted by atomic mass is 16.4. The monoisotopic (exact) mass is 288 g/mol. The average Bonchev–Trinajstić information content (AvgIpc) is 2.97. The van der Waals surface area contributed by atoms with E-state index in [1.54, 1.807) is 0 Å². The van der Waals surface area contributed by atoms with Gasteiger partial charge in [0, 0.05) is 12.2 Å². The third-order valence-corrected chi connectivity index (χ3v) is 3.45. The number of hydrogen-bond donors (Lipinski definition) is 1. The SMILES string of the molecule is CCCNC(C)c1nnc(N(CC)c2ccccc2C)o1. The zero-order valence-electron chi connectivity index (χ0n) is 13.3. The smallest absolute Gasteiger partial charge is 0.322 e. The van der Waals surface area contributed by atoms with E-state index in [9.17, 15) is 0 Å². The van der Waals surface area contributed by atoms with Crippen LogP contribution in [0.25, 0.3) is 0 Å². The van der Waals surface area contributed by atoms with Crippen LogP contribution in [0.15, 0.2) is 28.7 Å². The summed E-state index contributed by atoms with van der Waals surface area (Å²) in [6.07, 6.45) is 1.08. The van der Waals surface area contributed by atoms with E-state index in [4.69, 9.17) is 4.42 Å². The van der Waals surface area contributed by atoms with Crippen molar-refractivity contribution in [1.29, 1.82) is 0 Å². The van der Waals surface area contributed by atoms with Gasteiger partial charge in [-0.2, -0.15) is 0 Å². The number of benzene rings is 1. The minimum Gasteiger partial charge on any atom is -0.406 e. The Labute approximate surface area is 126 Å². The van der Waals surface area contributed by atoms with Crippen LogP contribution in [-0.2, 0) is 0 Å². The molecular formula is C16H24N4O. The summed E-state index contributed by atoms with van der Waals surface area (Å²) >= 11 is 0. The van der Waals surface area contributed by atoms with E-state index in [1.165, 1.54) is 5.56 Å². The Kier molecular flexibility index (Phi) is 5.33. The number of aromatic nitrogens is 2. The molecule has 1 N–H and O–H groups in total. The molecule has 0 aliphatic heterocycles. The van der Waals surface area contributed by atoms with Crippen LogP contribution in [0.5, 0.6) is 0 Å². The molecule has 0 fully saturated rings. The topological polar surface area (TPSA) is 54.2 Å². The quantitative estimate of drug-likeness (QED) is 0.843. The lowest BCUT2D eigenvalue weighted by atomic mass is 10.2. The normalized spacial score (nSPS) is 12.4. The van der Waals surface area contributed by atoms with Crippen molar-refractivity contribution in [3.05, 3.63) is 35.7 Å². The van der Waals surface area contributed by atoms with E-state index < -0.39 is 0 Å².